The van der Waals surface area contributed by atoms with Gasteiger partial charge < -0.3 is 14.6 Å². The summed E-state index contributed by atoms with van der Waals surface area (Å²) in [6.07, 6.45) is 0. The molecule has 2 rings (SSSR count). The Morgan fingerprint density at radius 3 is 2.81 bits per heavy atom. The molecule has 0 aliphatic rings. The predicted molar refractivity (Wildman–Crippen MR) is 74.8 cm³/mol. The number of nitrogens with one attached hydrogen (secondary N) is 1. The molecule has 0 saturated carbocycles. The van der Waals surface area contributed by atoms with Gasteiger partial charge in [-0.1, -0.05) is 35.0 Å². The van der Waals surface area contributed by atoms with Gasteiger partial charge in [0.2, 0.25) is 5.76 Å². The molecule has 0 spiro atoms. The average Bonchev–Trinajstić information content (AvgIpc) is 2.90. The molecular formula is C14H13ClN2O4. The van der Waals surface area contributed by atoms with Crippen molar-refractivity contribution in [2.45, 2.75) is 13.5 Å². The summed E-state index contributed by atoms with van der Waals surface area (Å²) in [7, 11) is 0. The summed E-state index contributed by atoms with van der Waals surface area (Å²) in [5.74, 6) is -1.20. The van der Waals surface area contributed by atoms with E-state index in [1.165, 1.54) is 6.07 Å². The van der Waals surface area contributed by atoms with E-state index in [0.717, 1.165) is 5.56 Å². The fraction of sp³-hybridized carbons (Fsp3) is 0.214. The average molecular weight is 309 g/mol. The Bertz CT molecular complexity index is 654. The number of aryl methyl sites for hydroxylation is 1. The van der Waals surface area contributed by atoms with E-state index in [1.807, 2.05) is 6.07 Å². The first-order valence-corrected chi connectivity index (χ1v) is 6.54. The largest absolute Gasteiger partial charge is 0.450 e. The van der Waals surface area contributed by atoms with Gasteiger partial charge >= 0.3 is 5.97 Å². The van der Waals surface area contributed by atoms with Crippen LogP contribution in [-0.2, 0) is 16.1 Å². The third-order valence-corrected chi connectivity index (χ3v) is 2.97. The third-order valence-electron chi connectivity index (χ3n) is 2.60. The number of hydrogen-bond acceptors (Lipinski definition) is 5. The number of benzene rings is 1. The Morgan fingerprint density at radius 2 is 2.14 bits per heavy atom. The van der Waals surface area contributed by atoms with Gasteiger partial charge in [-0.25, -0.2) is 4.79 Å². The second-order valence-electron chi connectivity index (χ2n) is 4.28. The number of halogens is 1. The van der Waals surface area contributed by atoms with Gasteiger partial charge in [0.1, 0.15) is 0 Å². The Hall–Kier alpha value is -2.34. The molecule has 7 heteroatoms. The summed E-state index contributed by atoms with van der Waals surface area (Å²) >= 11 is 5.96. The molecule has 0 aliphatic carbocycles. The maximum Gasteiger partial charge on any atom is 0.377 e. The molecule has 1 N–H and O–H groups in total. The van der Waals surface area contributed by atoms with Crippen molar-refractivity contribution in [3.63, 3.8) is 0 Å². The van der Waals surface area contributed by atoms with Gasteiger partial charge in [-0.2, -0.15) is 0 Å². The molecule has 0 bridgehead atoms. The smallest absolute Gasteiger partial charge is 0.377 e. The standard InChI is InChI=1S/C14H13ClN2O4/c1-9-6-12(21-17-9)14(19)20-8-13(18)16-7-10-4-2-3-5-11(10)15/h2-6H,7-8H2,1H3,(H,16,18). The second kappa shape index (κ2) is 6.90. The van der Waals surface area contributed by atoms with Crippen LogP contribution < -0.4 is 5.32 Å². The lowest BCUT2D eigenvalue weighted by molar-refractivity contribution is -0.124. The van der Waals surface area contributed by atoms with E-state index < -0.39 is 18.5 Å². The zero-order chi connectivity index (χ0) is 15.2. The molecule has 0 unspecified atom stereocenters. The quantitative estimate of drug-likeness (QED) is 0.856. The number of amides is 1. The monoisotopic (exact) mass is 308 g/mol. The summed E-state index contributed by atoms with van der Waals surface area (Å²) in [6, 6.07) is 8.58. The van der Waals surface area contributed by atoms with Crippen LogP contribution in [0.25, 0.3) is 0 Å². The molecule has 0 saturated heterocycles. The minimum atomic E-state index is -0.733. The number of hydrogen-bond donors (Lipinski definition) is 1. The molecular weight excluding hydrogens is 296 g/mol. The molecule has 0 aliphatic heterocycles. The Balaban J connectivity index is 1.78. The van der Waals surface area contributed by atoms with Crippen LogP contribution in [0.4, 0.5) is 0 Å². The van der Waals surface area contributed by atoms with Crippen molar-refractivity contribution in [1.82, 2.24) is 10.5 Å². The zero-order valence-corrected chi connectivity index (χ0v) is 12.0. The number of rotatable bonds is 5. The fourth-order valence-corrected chi connectivity index (χ4v) is 1.75. The van der Waals surface area contributed by atoms with Crippen LogP contribution in [0.2, 0.25) is 5.02 Å². The number of carbonyl (C=O) groups is 2. The van der Waals surface area contributed by atoms with Gasteiger partial charge in [0.15, 0.2) is 6.61 Å². The van der Waals surface area contributed by atoms with Crippen LogP contribution in [0.5, 0.6) is 0 Å². The maximum atomic E-state index is 11.6. The molecule has 0 radical (unpaired) electrons. The molecule has 1 aromatic heterocycles. The van der Waals surface area contributed by atoms with Crippen LogP contribution in [0, 0.1) is 6.92 Å². The second-order valence-corrected chi connectivity index (χ2v) is 4.68. The molecule has 0 fully saturated rings. The minimum Gasteiger partial charge on any atom is -0.450 e. The fourth-order valence-electron chi connectivity index (χ4n) is 1.55. The van der Waals surface area contributed by atoms with Crippen molar-refractivity contribution in [2.24, 2.45) is 0 Å². The van der Waals surface area contributed by atoms with Crippen LogP contribution >= 0.6 is 11.6 Å². The molecule has 1 amide bonds. The van der Waals surface area contributed by atoms with Gasteiger partial charge in [0.25, 0.3) is 5.91 Å². The van der Waals surface area contributed by atoms with Crippen LogP contribution in [0.1, 0.15) is 21.8 Å². The molecule has 21 heavy (non-hydrogen) atoms. The maximum absolute atomic E-state index is 11.6. The highest BCUT2D eigenvalue weighted by molar-refractivity contribution is 6.31. The van der Waals surface area contributed by atoms with E-state index in [0.29, 0.717) is 10.7 Å². The highest BCUT2D eigenvalue weighted by Crippen LogP contribution is 2.14. The lowest BCUT2D eigenvalue weighted by Crippen LogP contribution is -2.28. The molecule has 6 nitrogen and oxygen atoms in total. The van der Waals surface area contributed by atoms with Crippen molar-refractivity contribution in [1.29, 1.82) is 0 Å². The number of carbonyl (C=O) groups excluding carboxylic acids is 2. The van der Waals surface area contributed by atoms with Gasteiger partial charge in [0.05, 0.1) is 5.69 Å². The molecule has 1 heterocycles. The summed E-state index contributed by atoms with van der Waals surface area (Å²) in [6.45, 7) is 1.54. The van der Waals surface area contributed by atoms with E-state index in [1.54, 1.807) is 25.1 Å². The van der Waals surface area contributed by atoms with Crippen LogP contribution in [-0.4, -0.2) is 23.6 Å². The summed E-state index contributed by atoms with van der Waals surface area (Å²) in [5.41, 5.74) is 1.34. The first-order valence-electron chi connectivity index (χ1n) is 6.17. The Labute approximate surface area is 126 Å². The van der Waals surface area contributed by atoms with Crippen LogP contribution in [0.3, 0.4) is 0 Å². The van der Waals surface area contributed by atoms with E-state index >= 15 is 0 Å². The van der Waals surface area contributed by atoms with E-state index in [-0.39, 0.29) is 12.3 Å². The first-order chi connectivity index (χ1) is 10.1. The number of aromatic nitrogens is 1. The molecule has 2 aromatic rings. The molecule has 110 valence electrons. The third kappa shape index (κ3) is 4.32. The van der Waals surface area contributed by atoms with Crippen LogP contribution in [0.15, 0.2) is 34.9 Å². The molecule has 0 atom stereocenters. The topological polar surface area (TPSA) is 81.4 Å². The van der Waals surface area contributed by atoms with E-state index in [9.17, 15) is 9.59 Å². The van der Waals surface area contributed by atoms with Crippen molar-refractivity contribution in [2.75, 3.05) is 6.61 Å². The van der Waals surface area contributed by atoms with Crippen molar-refractivity contribution in [3.8, 4) is 0 Å². The first kappa shape index (κ1) is 15.1. The summed E-state index contributed by atoms with van der Waals surface area (Å²) in [4.78, 5) is 23.1. The highest BCUT2D eigenvalue weighted by Gasteiger charge is 2.14. The van der Waals surface area contributed by atoms with Gasteiger partial charge in [-0.3, -0.25) is 4.79 Å². The minimum absolute atomic E-state index is 0.0357. The lowest BCUT2D eigenvalue weighted by atomic mass is 10.2. The predicted octanol–water partition coefficient (Wildman–Crippen LogP) is 2.11. The summed E-state index contributed by atoms with van der Waals surface area (Å²) in [5, 5.41) is 6.73. The zero-order valence-electron chi connectivity index (χ0n) is 11.3. The number of ether oxygens (including phenoxy) is 1. The van der Waals surface area contributed by atoms with Crippen molar-refractivity contribution >= 4 is 23.5 Å². The van der Waals surface area contributed by atoms with Crippen molar-refractivity contribution < 1.29 is 18.8 Å². The summed E-state index contributed by atoms with van der Waals surface area (Å²) < 4.78 is 9.53. The number of nitrogens with zero attached hydrogens (tertiary/aromatic N) is 1. The van der Waals surface area contributed by atoms with Gasteiger partial charge in [-0.05, 0) is 18.6 Å². The van der Waals surface area contributed by atoms with Crippen molar-refractivity contribution in [3.05, 3.63) is 52.4 Å². The molecule has 1 aromatic carbocycles. The van der Waals surface area contributed by atoms with Gasteiger partial charge in [-0.15, -0.1) is 0 Å². The Kier molecular flexibility index (Phi) is 4.94. The lowest BCUT2D eigenvalue weighted by Gasteiger charge is -2.07. The van der Waals surface area contributed by atoms with E-state index in [2.05, 4.69) is 10.5 Å². The highest BCUT2D eigenvalue weighted by atomic mass is 35.5. The normalized spacial score (nSPS) is 10.2. The van der Waals surface area contributed by atoms with Gasteiger partial charge in [0, 0.05) is 17.6 Å². The van der Waals surface area contributed by atoms with E-state index in [4.69, 9.17) is 20.9 Å². The SMILES string of the molecule is Cc1cc(C(=O)OCC(=O)NCc2ccccc2Cl)on1. The Morgan fingerprint density at radius 1 is 1.38 bits per heavy atom. The number of esters is 1.